The van der Waals surface area contributed by atoms with Gasteiger partial charge in [0.25, 0.3) is 0 Å². The maximum atomic E-state index is 11.4. The smallest absolute Gasteiger partial charge is 0.337 e. The summed E-state index contributed by atoms with van der Waals surface area (Å²) in [5.41, 5.74) is 1.92. The highest BCUT2D eigenvalue weighted by atomic mass is 16.5. The highest BCUT2D eigenvalue weighted by Crippen LogP contribution is 2.13. The van der Waals surface area contributed by atoms with Gasteiger partial charge in [-0.25, -0.2) is 4.79 Å². The first-order valence-corrected chi connectivity index (χ1v) is 7.09. The molecular weight excluding hydrogens is 238 g/mol. The number of likely N-dealkylation sites (tertiary alicyclic amines) is 1. The summed E-state index contributed by atoms with van der Waals surface area (Å²) in [7, 11) is 1.41. The lowest BCUT2D eigenvalue weighted by molar-refractivity contribution is -0.925. The summed E-state index contributed by atoms with van der Waals surface area (Å²) in [6, 6.07) is 7.81. The molecule has 1 heterocycles. The third kappa shape index (κ3) is 3.80. The molecule has 1 saturated heterocycles. The van der Waals surface area contributed by atoms with Crippen molar-refractivity contribution in [1.29, 1.82) is 0 Å². The maximum Gasteiger partial charge on any atom is 0.337 e. The minimum absolute atomic E-state index is 0.265. The van der Waals surface area contributed by atoms with Gasteiger partial charge in [0.15, 0.2) is 0 Å². The Balaban J connectivity index is 1.97. The number of quaternary nitrogens is 1. The number of carbonyl (C=O) groups is 1. The number of nitrogens with one attached hydrogen (secondary N) is 1. The zero-order valence-electron chi connectivity index (χ0n) is 12.1. The largest absolute Gasteiger partial charge is 0.465 e. The number of methoxy groups -OCH3 is 1. The van der Waals surface area contributed by atoms with Crippen LogP contribution < -0.4 is 4.90 Å². The molecule has 0 spiro atoms. The second-order valence-corrected chi connectivity index (χ2v) is 5.97. The summed E-state index contributed by atoms with van der Waals surface area (Å²) in [5.74, 6) is 1.36. The van der Waals surface area contributed by atoms with Crippen LogP contribution in [0.2, 0.25) is 0 Å². The Morgan fingerprint density at radius 2 is 1.79 bits per heavy atom. The summed E-state index contributed by atoms with van der Waals surface area (Å²) in [4.78, 5) is 13.0. The van der Waals surface area contributed by atoms with Crippen molar-refractivity contribution in [3.63, 3.8) is 0 Å². The number of hydrogen-bond acceptors (Lipinski definition) is 2. The van der Waals surface area contributed by atoms with Crippen LogP contribution in [0.1, 0.15) is 36.2 Å². The molecule has 19 heavy (non-hydrogen) atoms. The number of benzene rings is 1. The van der Waals surface area contributed by atoms with Gasteiger partial charge in [0.2, 0.25) is 0 Å². The summed E-state index contributed by atoms with van der Waals surface area (Å²) in [6.45, 7) is 8.24. The summed E-state index contributed by atoms with van der Waals surface area (Å²) in [5, 5.41) is 0. The van der Waals surface area contributed by atoms with E-state index >= 15 is 0 Å². The molecule has 0 radical (unpaired) electrons. The third-order valence-electron chi connectivity index (χ3n) is 3.91. The molecule has 3 nitrogen and oxygen atoms in total. The predicted molar refractivity (Wildman–Crippen MR) is 75.1 cm³/mol. The van der Waals surface area contributed by atoms with Crippen LogP contribution in [0.4, 0.5) is 0 Å². The Labute approximate surface area is 115 Å². The molecule has 1 aliphatic rings. The predicted octanol–water partition coefficient (Wildman–Crippen LogP) is 1.53. The molecule has 0 bridgehead atoms. The van der Waals surface area contributed by atoms with Crippen molar-refractivity contribution in [3.05, 3.63) is 35.4 Å². The van der Waals surface area contributed by atoms with Gasteiger partial charge in [-0.3, -0.25) is 0 Å². The van der Waals surface area contributed by atoms with E-state index in [1.165, 1.54) is 32.2 Å². The molecule has 1 aromatic rings. The Morgan fingerprint density at radius 1 is 1.21 bits per heavy atom. The quantitative estimate of drug-likeness (QED) is 0.838. The molecule has 0 saturated carbocycles. The first-order valence-electron chi connectivity index (χ1n) is 7.09. The van der Waals surface area contributed by atoms with Crippen LogP contribution in [0.25, 0.3) is 0 Å². The van der Waals surface area contributed by atoms with E-state index in [4.69, 9.17) is 4.74 Å². The Bertz CT molecular complexity index is 417. The number of ether oxygens (including phenoxy) is 1. The molecule has 2 atom stereocenters. The van der Waals surface area contributed by atoms with Crippen LogP contribution in [-0.4, -0.2) is 26.2 Å². The van der Waals surface area contributed by atoms with Crippen molar-refractivity contribution in [1.82, 2.24) is 0 Å². The van der Waals surface area contributed by atoms with Gasteiger partial charge < -0.3 is 9.64 Å². The molecule has 0 unspecified atom stereocenters. The summed E-state index contributed by atoms with van der Waals surface area (Å²) >= 11 is 0. The standard InChI is InChI=1S/C16H23NO2/c1-12-8-13(2)10-17(9-12)11-14-4-6-15(7-5-14)16(18)19-3/h4-7,12-13H,8-11H2,1-3H3/p+1/t12-,13-/m1/s1. The number of esters is 1. The van der Waals surface area contributed by atoms with E-state index in [1.54, 1.807) is 4.90 Å². The average Bonchev–Trinajstić information content (AvgIpc) is 2.37. The molecule has 1 N–H and O–H groups in total. The first-order chi connectivity index (χ1) is 9.08. The van der Waals surface area contributed by atoms with Crippen LogP contribution >= 0.6 is 0 Å². The van der Waals surface area contributed by atoms with E-state index in [2.05, 4.69) is 13.8 Å². The highest BCUT2D eigenvalue weighted by molar-refractivity contribution is 5.89. The minimum Gasteiger partial charge on any atom is -0.465 e. The average molecular weight is 262 g/mol. The van der Waals surface area contributed by atoms with Crippen LogP contribution in [0.5, 0.6) is 0 Å². The van der Waals surface area contributed by atoms with Crippen LogP contribution in [0, 0.1) is 11.8 Å². The second kappa shape index (κ2) is 6.20. The fraction of sp³-hybridized carbons (Fsp3) is 0.562. The van der Waals surface area contributed by atoms with Crippen molar-refractivity contribution in [2.24, 2.45) is 11.8 Å². The van der Waals surface area contributed by atoms with Crippen LogP contribution in [0.15, 0.2) is 24.3 Å². The van der Waals surface area contributed by atoms with Gasteiger partial charge >= 0.3 is 5.97 Å². The summed E-state index contributed by atoms with van der Waals surface area (Å²) < 4.78 is 4.71. The Morgan fingerprint density at radius 3 is 2.32 bits per heavy atom. The molecule has 3 heteroatoms. The normalized spacial score (nSPS) is 27.0. The van der Waals surface area contributed by atoms with E-state index in [-0.39, 0.29) is 5.97 Å². The van der Waals surface area contributed by atoms with Gasteiger partial charge in [-0.15, -0.1) is 0 Å². The van der Waals surface area contributed by atoms with Gasteiger partial charge in [-0.1, -0.05) is 26.0 Å². The van der Waals surface area contributed by atoms with Gasteiger partial charge in [-0.2, -0.15) is 0 Å². The van der Waals surface area contributed by atoms with Gasteiger partial charge in [0.05, 0.1) is 25.8 Å². The molecule has 2 rings (SSSR count). The van der Waals surface area contributed by atoms with Gasteiger partial charge in [0.1, 0.15) is 6.54 Å². The van der Waals surface area contributed by atoms with Crippen molar-refractivity contribution < 1.29 is 14.4 Å². The number of hydrogen-bond donors (Lipinski definition) is 1. The van der Waals surface area contributed by atoms with Crippen molar-refractivity contribution in [3.8, 4) is 0 Å². The topological polar surface area (TPSA) is 30.7 Å². The van der Waals surface area contributed by atoms with Crippen LogP contribution in [0.3, 0.4) is 0 Å². The second-order valence-electron chi connectivity index (χ2n) is 5.97. The summed E-state index contributed by atoms with van der Waals surface area (Å²) in [6.07, 6.45) is 1.35. The maximum absolute atomic E-state index is 11.4. The van der Waals surface area contributed by atoms with Crippen molar-refractivity contribution in [2.75, 3.05) is 20.2 Å². The van der Waals surface area contributed by atoms with E-state index < -0.39 is 0 Å². The highest BCUT2D eigenvalue weighted by Gasteiger charge is 2.24. The molecule has 0 aromatic heterocycles. The fourth-order valence-electron chi connectivity index (χ4n) is 3.23. The lowest BCUT2D eigenvalue weighted by atomic mass is 9.91. The first kappa shape index (κ1) is 14.1. The molecule has 0 amide bonds. The number of rotatable bonds is 3. The van der Waals surface area contributed by atoms with E-state index in [0.29, 0.717) is 5.56 Å². The molecule has 1 fully saturated rings. The van der Waals surface area contributed by atoms with Gasteiger partial charge in [0, 0.05) is 17.4 Å². The zero-order valence-corrected chi connectivity index (χ0v) is 12.1. The van der Waals surface area contributed by atoms with E-state index in [1.807, 2.05) is 24.3 Å². The minimum atomic E-state index is -0.265. The molecular formula is C16H24NO2+. The molecule has 1 aliphatic heterocycles. The lowest BCUT2D eigenvalue weighted by Gasteiger charge is -2.32. The molecule has 1 aromatic carbocycles. The third-order valence-corrected chi connectivity index (χ3v) is 3.91. The lowest BCUT2D eigenvalue weighted by Crippen LogP contribution is -3.13. The molecule has 0 aliphatic carbocycles. The molecule has 104 valence electrons. The Kier molecular flexibility index (Phi) is 4.59. The van der Waals surface area contributed by atoms with Crippen molar-refractivity contribution >= 4 is 5.97 Å². The van der Waals surface area contributed by atoms with E-state index in [9.17, 15) is 4.79 Å². The van der Waals surface area contributed by atoms with E-state index in [0.717, 1.165) is 18.4 Å². The number of piperidine rings is 1. The zero-order chi connectivity index (χ0) is 13.8. The van der Waals surface area contributed by atoms with Crippen molar-refractivity contribution in [2.45, 2.75) is 26.8 Å². The SMILES string of the molecule is COC(=O)c1ccc(C[NH+]2C[C@H](C)C[C@@H](C)C2)cc1. The fourth-order valence-corrected chi connectivity index (χ4v) is 3.23. The van der Waals surface area contributed by atoms with Gasteiger partial charge in [-0.05, 0) is 18.6 Å². The monoisotopic (exact) mass is 262 g/mol. The van der Waals surface area contributed by atoms with Crippen LogP contribution in [-0.2, 0) is 11.3 Å². The number of carbonyl (C=O) groups excluding carboxylic acids is 1. The Hall–Kier alpha value is -1.35.